The highest BCUT2D eigenvalue weighted by atomic mass is 35.5. The van der Waals surface area contributed by atoms with Crippen LogP contribution >= 0.6 is 11.6 Å². The number of sulfonamides is 1. The Labute approximate surface area is 419 Å². The first-order valence-electron chi connectivity index (χ1n) is 21.7. The first-order valence-corrected chi connectivity index (χ1v) is 25.8. The van der Waals surface area contributed by atoms with Gasteiger partial charge in [0.2, 0.25) is 15.9 Å². The number of benzene rings is 2. The number of aromatic nitrogens is 6. The summed E-state index contributed by atoms with van der Waals surface area (Å²) in [6.07, 6.45) is -8.70. The van der Waals surface area contributed by atoms with Gasteiger partial charge in [-0.15, -0.1) is 0 Å². The molecule has 0 bridgehead atoms. The molecule has 6 aromatic rings. The Morgan fingerprint density at radius 1 is 0.946 bits per heavy atom. The normalized spacial score (nSPS) is 16.7. The number of amides is 2. The first kappa shape index (κ1) is 53.5. The summed E-state index contributed by atoms with van der Waals surface area (Å²) in [5.74, 6) is -6.04. The molecule has 2 aliphatic rings. The second-order valence-electron chi connectivity index (χ2n) is 18.0. The van der Waals surface area contributed by atoms with Crippen LogP contribution in [0.25, 0.3) is 22.0 Å². The second kappa shape index (κ2) is 18.9. The van der Waals surface area contributed by atoms with Crippen LogP contribution in [0, 0.1) is 29.4 Å². The lowest BCUT2D eigenvalue weighted by molar-refractivity contribution is -0.727. The van der Waals surface area contributed by atoms with Crippen molar-refractivity contribution >= 4 is 60.2 Å². The number of hydrogen-bond acceptors (Lipinski definition) is 10. The number of hydrogen-bond donors (Lipinski definition) is 1. The molecule has 2 amide bonds. The van der Waals surface area contributed by atoms with Crippen LogP contribution in [-0.4, -0.2) is 76.8 Å². The van der Waals surface area contributed by atoms with Crippen LogP contribution in [-0.2, 0) is 67.7 Å². The molecule has 2 aliphatic carbocycles. The van der Waals surface area contributed by atoms with Crippen LogP contribution in [0.1, 0.15) is 66.1 Å². The van der Waals surface area contributed by atoms with E-state index >= 15 is 8.78 Å². The molecule has 8 rings (SSSR count). The lowest BCUT2D eigenvalue weighted by atomic mass is 9.93. The van der Waals surface area contributed by atoms with Crippen LogP contribution in [0.4, 0.5) is 54.5 Å². The number of pyridine rings is 2. The number of ether oxygens (including phenoxy) is 1. The van der Waals surface area contributed by atoms with Crippen molar-refractivity contribution in [1.29, 1.82) is 0 Å². The molecular formula is C46H38ClF10N8O7S2+. The SMILES string of the molecule is CC(C)(C#Cc1ccc(-c2ccc(Cl)c3c(N(C(=O)OC[n+]4ccccc4)S(C)(=O)=O)nn(CC(F)(F)F)c23)c([C@H](Cc2cc(F)cc(F)c2)NC(=O)Cn2nc(C(F)(F)F)c3c2C(F)(F)[C@@H]2C[C@H]32)n1)S(C)(=O)=O. The van der Waals surface area contributed by atoms with E-state index in [1.165, 1.54) is 30.8 Å². The average molecular weight is 1100 g/mol. The number of sulfone groups is 1. The molecule has 4 aromatic heterocycles. The van der Waals surface area contributed by atoms with Crippen molar-refractivity contribution in [2.24, 2.45) is 5.92 Å². The molecule has 15 nitrogen and oxygen atoms in total. The molecule has 1 saturated carbocycles. The van der Waals surface area contributed by atoms with E-state index in [1.807, 2.05) is 0 Å². The molecular weight excluding hydrogens is 1070 g/mol. The van der Waals surface area contributed by atoms with E-state index in [1.54, 1.807) is 18.2 Å². The molecule has 392 valence electrons. The molecule has 0 aliphatic heterocycles. The van der Waals surface area contributed by atoms with Crippen molar-refractivity contribution in [3.63, 3.8) is 0 Å². The summed E-state index contributed by atoms with van der Waals surface area (Å²) in [5.41, 5.74) is -5.90. The number of nitrogens with zero attached hydrogens (tertiary/aromatic N) is 7. The Bertz CT molecular complexity index is 3540. The van der Waals surface area contributed by atoms with Gasteiger partial charge in [-0.3, -0.25) is 14.2 Å². The van der Waals surface area contributed by atoms with Gasteiger partial charge < -0.3 is 10.1 Å². The Kier molecular flexibility index (Phi) is 13.6. The lowest BCUT2D eigenvalue weighted by Crippen LogP contribution is -2.42. The zero-order chi connectivity index (χ0) is 54.2. The fraction of sp³-hybridized carbons (Fsp3) is 0.348. The number of rotatable bonds is 13. The van der Waals surface area contributed by atoms with E-state index < -0.39 is 155 Å². The molecule has 74 heavy (non-hydrogen) atoms. The molecule has 2 aromatic carbocycles. The van der Waals surface area contributed by atoms with Gasteiger partial charge in [-0.25, -0.2) is 35.4 Å². The van der Waals surface area contributed by atoms with Crippen molar-refractivity contribution in [1.82, 2.24) is 29.9 Å². The number of nitrogens with one attached hydrogen (secondary N) is 1. The summed E-state index contributed by atoms with van der Waals surface area (Å²) in [7, 11) is -8.77. The predicted octanol–water partition coefficient (Wildman–Crippen LogP) is 8.14. The third kappa shape index (κ3) is 10.7. The fourth-order valence-electron chi connectivity index (χ4n) is 8.49. The van der Waals surface area contributed by atoms with Crippen LogP contribution in [0.15, 0.2) is 73.1 Å². The third-order valence-electron chi connectivity index (χ3n) is 12.1. The van der Waals surface area contributed by atoms with Crippen LogP contribution in [0.5, 0.6) is 0 Å². The number of carbonyl (C=O) groups is 2. The summed E-state index contributed by atoms with van der Waals surface area (Å²) < 4.78 is 205. The maximum atomic E-state index is 15.6. The Morgan fingerprint density at radius 3 is 2.20 bits per heavy atom. The summed E-state index contributed by atoms with van der Waals surface area (Å²) >= 11 is 6.66. The van der Waals surface area contributed by atoms with Gasteiger partial charge in [0.05, 0.1) is 33.9 Å². The van der Waals surface area contributed by atoms with E-state index in [9.17, 15) is 61.5 Å². The average Bonchev–Trinajstić information content (AvgIpc) is 3.79. The standard InChI is InChI=1S/C46H37ClF10N8O7S2/c1-43(2,73(3,68)69)13-12-27-8-9-28(29-10-11-32(47)36-38(29)64(22-44(50,51)52)61-41(36)65(74(4,70)71)42(67)72-23-62-14-6-5-7-15-62)37(58-27)33(18-24-16-25(48)19-26(49)17-24)59-34(66)21-63-40-35(39(60-63)46(55,56)57)30-20-31(30)45(40,53)54/h5-11,14-17,19,30-31,33H,18,20-23H2,1-4H3/p+1/t30-,31+,33-/m0/s1. The molecule has 1 fully saturated rings. The zero-order valence-corrected chi connectivity index (χ0v) is 41.0. The summed E-state index contributed by atoms with van der Waals surface area (Å²) in [6, 6.07) is 9.49. The Balaban J connectivity index is 1.35. The topological polar surface area (TPSA) is 179 Å². The maximum absolute atomic E-state index is 15.6. The quantitative estimate of drug-likeness (QED) is 0.0674. The van der Waals surface area contributed by atoms with Crippen molar-refractivity contribution in [3.05, 3.63) is 124 Å². The van der Waals surface area contributed by atoms with E-state index in [2.05, 4.69) is 32.3 Å². The van der Waals surface area contributed by atoms with Crippen LogP contribution in [0.2, 0.25) is 5.02 Å². The van der Waals surface area contributed by atoms with Gasteiger partial charge >= 0.3 is 18.4 Å². The van der Waals surface area contributed by atoms with Gasteiger partial charge in [-0.2, -0.15) is 54.2 Å². The van der Waals surface area contributed by atoms with Crippen LogP contribution < -0.4 is 14.2 Å². The van der Waals surface area contributed by atoms with E-state index in [4.69, 9.17) is 16.3 Å². The number of halogens is 11. The van der Waals surface area contributed by atoms with Gasteiger partial charge in [0, 0.05) is 47.1 Å². The Hall–Kier alpha value is -6.79. The molecule has 0 saturated heterocycles. The molecule has 0 spiro atoms. The smallest absolute Gasteiger partial charge is 0.387 e. The monoisotopic (exact) mass is 1100 g/mol. The zero-order valence-electron chi connectivity index (χ0n) is 38.7. The van der Waals surface area contributed by atoms with Gasteiger partial charge in [-0.05, 0) is 74.4 Å². The summed E-state index contributed by atoms with van der Waals surface area (Å²) in [6.45, 7) is -1.41. The molecule has 0 radical (unpaired) electrons. The molecule has 28 heteroatoms. The van der Waals surface area contributed by atoms with Gasteiger partial charge in [0.25, 0.3) is 12.7 Å². The largest absolute Gasteiger partial charge is 0.435 e. The molecule has 4 heterocycles. The fourth-order valence-corrected chi connectivity index (χ4v) is 9.73. The third-order valence-corrected chi connectivity index (χ3v) is 15.4. The summed E-state index contributed by atoms with van der Waals surface area (Å²) in [4.78, 5) is 32.4. The number of carbonyl (C=O) groups excluding carboxylic acids is 2. The van der Waals surface area contributed by atoms with Crippen molar-refractivity contribution in [2.45, 2.75) is 81.5 Å². The summed E-state index contributed by atoms with van der Waals surface area (Å²) in [5, 5.41) is 8.66. The van der Waals surface area contributed by atoms with Gasteiger partial charge in [-0.1, -0.05) is 29.7 Å². The van der Waals surface area contributed by atoms with Crippen molar-refractivity contribution in [3.8, 4) is 23.0 Å². The number of anilines is 1. The van der Waals surface area contributed by atoms with Gasteiger partial charge in [0.15, 0.2) is 33.7 Å². The van der Waals surface area contributed by atoms with Crippen molar-refractivity contribution in [2.75, 3.05) is 16.8 Å². The first-order chi connectivity index (χ1) is 34.2. The molecule has 0 unspecified atom stereocenters. The van der Waals surface area contributed by atoms with Crippen LogP contribution in [0.3, 0.4) is 0 Å². The van der Waals surface area contributed by atoms with E-state index in [0.717, 1.165) is 42.7 Å². The van der Waals surface area contributed by atoms with Crippen molar-refractivity contribution < 1.29 is 79.6 Å². The maximum Gasteiger partial charge on any atom is 0.435 e. The minimum atomic E-state index is -5.22. The number of alkyl halides is 8. The molecule has 3 atom stereocenters. The Morgan fingerprint density at radius 2 is 1.59 bits per heavy atom. The van der Waals surface area contributed by atoms with E-state index in [-0.39, 0.29) is 42.5 Å². The highest BCUT2D eigenvalue weighted by Crippen LogP contribution is 2.68. The highest BCUT2D eigenvalue weighted by molar-refractivity contribution is 7.93. The predicted molar refractivity (Wildman–Crippen MR) is 243 cm³/mol. The minimum Gasteiger partial charge on any atom is -0.387 e. The van der Waals surface area contributed by atoms with E-state index in [0.29, 0.717) is 12.3 Å². The molecule has 1 N–H and O–H groups in total. The van der Waals surface area contributed by atoms with Gasteiger partial charge in [0.1, 0.15) is 40.9 Å². The number of fused-ring (bicyclic) bond motifs is 4. The minimum absolute atomic E-state index is 0.0342. The highest BCUT2D eigenvalue weighted by Gasteiger charge is 2.68. The second-order valence-corrected chi connectivity index (χ2v) is 22.8. The lowest BCUT2D eigenvalue weighted by Gasteiger charge is -2.23.